The predicted molar refractivity (Wildman–Crippen MR) is 54.0 cm³/mol. The minimum absolute atomic E-state index is 0.0473. The summed E-state index contributed by atoms with van der Waals surface area (Å²) in [4.78, 5) is 10.8. The van der Waals surface area contributed by atoms with Gasteiger partial charge in [0.1, 0.15) is 6.61 Å². The number of thioether (sulfide) groups is 1. The van der Waals surface area contributed by atoms with Crippen LogP contribution in [0.2, 0.25) is 0 Å². The van der Waals surface area contributed by atoms with E-state index in [0.717, 1.165) is 11.5 Å². The second-order valence-electron chi connectivity index (χ2n) is 2.15. The summed E-state index contributed by atoms with van der Waals surface area (Å²) >= 11 is 1.68. The number of alkyl carbamates (subject to hydrolysis) is 1. The lowest BCUT2D eigenvalue weighted by molar-refractivity contribution is 0.119. The molecule has 2 N–H and O–H groups in total. The van der Waals surface area contributed by atoms with Gasteiger partial charge in [0.2, 0.25) is 0 Å². The lowest BCUT2D eigenvalue weighted by Gasteiger charge is -2.04. The highest BCUT2D eigenvalue weighted by atomic mass is 32.2. The van der Waals surface area contributed by atoms with Crippen LogP contribution >= 0.6 is 11.8 Å². The Labute approximate surface area is 82.3 Å². The summed E-state index contributed by atoms with van der Waals surface area (Å²) in [6.45, 7) is 4.05. The van der Waals surface area contributed by atoms with Crippen LogP contribution in [0, 0.1) is 0 Å². The molecule has 0 aromatic heterocycles. The van der Waals surface area contributed by atoms with Gasteiger partial charge < -0.3 is 15.2 Å². The summed E-state index contributed by atoms with van der Waals surface area (Å²) in [6, 6.07) is 0. The molecule has 0 spiro atoms. The quantitative estimate of drug-likeness (QED) is 0.472. The number of ether oxygens (including phenoxy) is 1. The third-order valence-electron chi connectivity index (χ3n) is 1.08. The number of carbonyl (C=O) groups excluding carboxylic acids is 1. The molecule has 0 saturated heterocycles. The third kappa shape index (κ3) is 9.23. The predicted octanol–water partition coefficient (Wildman–Crippen LogP) is 0.624. The van der Waals surface area contributed by atoms with E-state index < -0.39 is 6.09 Å². The molecule has 0 rings (SSSR count). The molecule has 13 heavy (non-hydrogen) atoms. The van der Waals surface area contributed by atoms with Crippen molar-refractivity contribution < 1.29 is 14.6 Å². The normalized spacial score (nSPS) is 9.31. The van der Waals surface area contributed by atoms with Gasteiger partial charge in [-0.15, -0.1) is 6.58 Å². The Morgan fingerprint density at radius 2 is 2.46 bits per heavy atom. The highest BCUT2D eigenvalue weighted by molar-refractivity contribution is 7.99. The average molecular weight is 205 g/mol. The van der Waals surface area contributed by atoms with Crippen LogP contribution in [0.3, 0.4) is 0 Å². The summed E-state index contributed by atoms with van der Waals surface area (Å²) in [6.07, 6.45) is 1.34. The molecule has 5 heteroatoms. The molecule has 0 saturated carbocycles. The van der Waals surface area contributed by atoms with Gasteiger partial charge in [-0.05, 0) is 0 Å². The molecular weight excluding hydrogens is 190 g/mol. The SMILES string of the molecule is C=CCSCCNC(=O)OCCO. The molecule has 0 aromatic rings. The highest BCUT2D eigenvalue weighted by Crippen LogP contribution is 1.96. The molecule has 0 radical (unpaired) electrons. The number of aliphatic hydroxyl groups is 1. The maximum absolute atomic E-state index is 10.8. The maximum atomic E-state index is 10.8. The Morgan fingerprint density at radius 1 is 1.69 bits per heavy atom. The smallest absolute Gasteiger partial charge is 0.407 e. The van der Waals surface area contributed by atoms with E-state index >= 15 is 0 Å². The largest absolute Gasteiger partial charge is 0.447 e. The minimum atomic E-state index is -0.478. The van der Waals surface area contributed by atoms with Crippen LogP contribution in [0.25, 0.3) is 0 Å². The van der Waals surface area contributed by atoms with Crippen molar-refractivity contribution in [1.29, 1.82) is 0 Å². The van der Waals surface area contributed by atoms with Gasteiger partial charge in [0, 0.05) is 18.1 Å². The fraction of sp³-hybridized carbons (Fsp3) is 0.625. The van der Waals surface area contributed by atoms with E-state index in [-0.39, 0.29) is 13.2 Å². The zero-order valence-corrected chi connectivity index (χ0v) is 8.31. The Kier molecular flexibility index (Phi) is 8.92. The molecule has 0 aliphatic heterocycles. The highest BCUT2D eigenvalue weighted by Gasteiger charge is 1.98. The van der Waals surface area contributed by atoms with Crippen LogP contribution in [0.4, 0.5) is 4.79 Å². The topological polar surface area (TPSA) is 58.6 Å². The first-order valence-corrected chi connectivity index (χ1v) is 5.17. The number of amides is 1. The molecule has 4 nitrogen and oxygen atoms in total. The Balaban J connectivity index is 3.12. The average Bonchev–Trinajstić information content (AvgIpc) is 2.14. The zero-order valence-electron chi connectivity index (χ0n) is 7.49. The first-order chi connectivity index (χ1) is 6.31. The van der Waals surface area contributed by atoms with Crippen LogP contribution in [0.5, 0.6) is 0 Å². The van der Waals surface area contributed by atoms with Crippen molar-refractivity contribution in [2.24, 2.45) is 0 Å². The van der Waals surface area contributed by atoms with Gasteiger partial charge in [-0.2, -0.15) is 11.8 Å². The summed E-state index contributed by atoms with van der Waals surface area (Å²) in [5.41, 5.74) is 0. The van der Waals surface area contributed by atoms with Crippen molar-refractivity contribution in [3.05, 3.63) is 12.7 Å². The van der Waals surface area contributed by atoms with Crippen molar-refractivity contribution >= 4 is 17.9 Å². The van der Waals surface area contributed by atoms with E-state index in [9.17, 15) is 4.79 Å². The molecule has 1 amide bonds. The maximum Gasteiger partial charge on any atom is 0.407 e. The monoisotopic (exact) mass is 205 g/mol. The van der Waals surface area contributed by atoms with Crippen LogP contribution in [0.15, 0.2) is 12.7 Å². The summed E-state index contributed by atoms with van der Waals surface area (Å²) < 4.78 is 4.57. The van der Waals surface area contributed by atoms with Crippen LogP contribution < -0.4 is 5.32 Å². The fourth-order valence-corrected chi connectivity index (χ4v) is 1.16. The zero-order chi connectivity index (χ0) is 9.94. The Morgan fingerprint density at radius 3 is 3.08 bits per heavy atom. The van der Waals surface area contributed by atoms with Gasteiger partial charge in [-0.25, -0.2) is 4.79 Å². The van der Waals surface area contributed by atoms with E-state index in [1.807, 2.05) is 6.08 Å². The van der Waals surface area contributed by atoms with Gasteiger partial charge >= 0.3 is 6.09 Å². The fourth-order valence-electron chi connectivity index (χ4n) is 0.581. The van der Waals surface area contributed by atoms with Crippen molar-refractivity contribution in [2.45, 2.75) is 0 Å². The summed E-state index contributed by atoms with van der Waals surface area (Å²) in [7, 11) is 0. The second-order valence-corrected chi connectivity index (χ2v) is 3.30. The summed E-state index contributed by atoms with van der Waals surface area (Å²) in [5.74, 6) is 1.72. The van der Waals surface area contributed by atoms with Gasteiger partial charge in [0.25, 0.3) is 0 Å². The first-order valence-electron chi connectivity index (χ1n) is 4.01. The van der Waals surface area contributed by atoms with Gasteiger partial charge in [-0.1, -0.05) is 6.08 Å². The third-order valence-corrected chi connectivity index (χ3v) is 2.04. The van der Waals surface area contributed by atoms with Crippen LogP contribution in [-0.4, -0.2) is 42.5 Å². The molecule has 0 aromatic carbocycles. The molecule has 0 atom stereocenters. The lowest BCUT2D eigenvalue weighted by Crippen LogP contribution is -2.27. The van der Waals surface area contributed by atoms with Crippen molar-refractivity contribution in [3.63, 3.8) is 0 Å². The summed E-state index contributed by atoms with van der Waals surface area (Å²) in [5, 5.41) is 10.9. The van der Waals surface area contributed by atoms with Crippen molar-refractivity contribution in [3.8, 4) is 0 Å². The Hall–Kier alpha value is -0.680. The van der Waals surface area contributed by atoms with Crippen LogP contribution in [0.1, 0.15) is 0 Å². The van der Waals surface area contributed by atoms with E-state index in [4.69, 9.17) is 5.11 Å². The number of carbonyl (C=O) groups is 1. The molecule has 0 fully saturated rings. The minimum Gasteiger partial charge on any atom is -0.447 e. The van der Waals surface area contributed by atoms with Gasteiger partial charge in [-0.3, -0.25) is 0 Å². The van der Waals surface area contributed by atoms with E-state index in [1.54, 1.807) is 11.8 Å². The lowest BCUT2D eigenvalue weighted by atomic mass is 10.7. The molecule has 76 valence electrons. The number of hydrogen-bond donors (Lipinski definition) is 2. The van der Waals surface area contributed by atoms with Gasteiger partial charge in [0.05, 0.1) is 6.61 Å². The second kappa shape index (κ2) is 9.41. The van der Waals surface area contributed by atoms with Crippen molar-refractivity contribution in [1.82, 2.24) is 5.32 Å². The molecule has 0 bridgehead atoms. The van der Waals surface area contributed by atoms with Gasteiger partial charge in [0.15, 0.2) is 0 Å². The number of nitrogens with one attached hydrogen (secondary N) is 1. The molecule has 0 unspecified atom stereocenters. The van der Waals surface area contributed by atoms with E-state index in [2.05, 4.69) is 16.6 Å². The standard InChI is InChI=1S/C8H15NO3S/c1-2-6-13-7-3-9-8(11)12-5-4-10/h2,10H,1,3-7H2,(H,9,11). The van der Waals surface area contributed by atoms with Crippen LogP contribution in [-0.2, 0) is 4.74 Å². The number of aliphatic hydroxyl groups excluding tert-OH is 1. The number of hydrogen-bond acceptors (Lipinski definition) is 4. The molecule has 0 aliphatic carbocycles. The first kappa shape index (κ1) is 12.3. The Bertz CT molecular complexity index is 152. The molecular formula is C8H15NO3S. The van der Waals surface area contributed by atoms with E-state index in [1.165, 1.54) is 0 Å². The molecule has 0 aliphatic rings. The van der Waals surface area contributed by atoms with Crippen molar-refractivity contribution in [2.75, 3.05) is 31.3 Å². The van der Waals surface area contributed by atoms with E-state index in [0.29, 0.717) is 6.54 Å². The molecule has 0 heterocycles. The number of rotatable bonds is 7.